The van der Waals surface area contributed by atoms with Gasteiger partial charge >= 0.3 is 89.7 Å². The van der Waals surface area contributed by atoms with E-state index in [9.17, 15) is 0 Å². The summed E-state index contributed by atoms with van der Waals surface area (Å²) in [4.78, 5) is 11.4. The number of rotatable bonds is 4. The van der Waals surface area contributed by atoms with Crippen LogP contribution in [0.2, 0.25) is 14.8 Å². The molecule has 0 aliphatic heterocycles. The first-order valence-electron chi connectivity index (χ1n) is 4.79. The molecule has 1 heterocycles. The fourth-order valence-corrected chi connectivity index (χ4v) is 3.29. The molecule has 0 aromatic carbocycles. The van der Waals surface area contributed by atoms with Gasteiger partial charge in [-0.25, -0.2) is 0 Å². The van der Waals surface area contributed by atoms with E-state index in [2.05, 4.69) is 30.0 Å². The minimum absolute atomic E-state index is 0.759. The first-order chi connectivity index (χ1) is 6.58. The van der Waals surface area contributed by atoms with Gasteiger partial charge in [0.15, 0.2) is 0 Å². The molecule has 14 heavy (non-hydrogen) atoms. The number of hydrogen-bond donors (Lipinski definition) is 0. The molecule has 0 radical (unpaired) electrons. The average Bonchev–Trinajstić information content (AvgIpc) is 2.54. The van der Waals surface area contributed by atoms with E-state index in [1.165, 1.54) is 0 Å². The predicted octanol–water partition coefficient (Wildman–Crippen LogP) is 3.13. The zero-order valence-corrected chi connectivity index (χ0v) is 11.9. The Morgan fingerprint density at radius 1 is 1.43 bits per heavy atom. The molecule has 0 fully saturated rings. The quantitative estimate of drug-likeness (QED) is 0.619. The van der Waals surface area contributed by atoms with E-state index in [4.69, 9.17) is 4.42 Å². The second-order valence-electron chi connectivity index (χ2n) is 4.28. The van der Waals surface area contributed by atoms with Crippen molar-refractivity contribution in [3.8, 4) is 0 Å². The van der Waals surface area contributed by atoms with E-state index in [0.717, 1.165) is 12.3 Å². The molecule has 2 nitrogen and oxygen atoms in total. The van der Waals surface area contributed by atoms with Crippen molar-refractivity contribution in [3.05, 3.63) is 34.3 Å². The standard InChI is InChI=1S/C8H8NO.3CH3.Sn/c1-2-5-9-7-8-4-3-6-10-8;;;;/h1-4,6-7H,5H2;3*1H3;. The Hall–Kier alpha value is -0.511. The Morgan fingerprint density at radius 3 is 2.79 bits per heavy atom. The summed E-state index contributed by atoms with van der Waals surface area (Å²) in [5.74, 6) is 0.817. The molecule has 0 atom stereocenters. The number of furan rings is 1. The average molecular weight is 298 g/mol. The zero-order valence-electron chi connectivity index (χ0n) is 9.03. The van der Waals surface area contributed by atoms with Crippen LogP contribution in [0.15, 0.2) is 38.0 Å². The molecule has 0 saturated heterocycles. The van der Waals surface area contributed by atoms with Crippen LogP contribution in [0.3, 0.4) is 0 Å². The van der Waals surface area contributed by atoms with Crippen LogP contribution in [-0.2, 0) is 0 Å². The Morgan fingerprint density at radius 2 is 2.21 bits per heavy atom. The van der Waals surface area contributed by atoms with Crippen molar-refractivity contribution in [3.63, 3.8) is 0 Å². The first-order valence-corrected chi connectivity index (χ1v) is 15.0. The molecule has 3 heteroatoms. The van der Waals surface area contributed by atoms with Crippen molar-refractivity contribution in [1.29, 1.82) is 0 Å². The maximum absolute atomic E-state index is 5.12. The monoisotopic (exact) mass is 299 g/mol. The van der Waals surface area contributed by atoms with Crippen molar-refractivity contribution >= 4 is 24.6 Å². The normalized spacial score (nSPS) is 13.1. The second kappa shape index (κ2) is 5.39. The summed E-state index contributed by atoms with van der Waals surface area (Å²) < 4.78 is 7.49. The molecular formula is C11H17NOSn. The molecule has 0 aliphatic rings. The first kappa shape index (κ1) is 11.6. The van der Waals surface area contributed by atoms with Gasteiger partial charge in [0, 0.05) is 0 Å². The summed E-state index contributed by atoms with van der Waals surface area (Å²) >= 11 is -1.71. The number of aliphatic imine (C=N–C) groups is 1. The van der Waals surface area contributed by atoms with Crippen LogP contribution in [-0.4, -0.2) is 31.1 Å². The summed E-state index contributed by atoms with van der Waals surface area (Å²) in [6.07, 6.45) is 5.58. The molecule has 0 aliphatic carbocycles. The summed E-state index contributed by atoms with van der Waals surface area (Å²) in [6, 6.07) is 3.76. The van der Waals surface area contributed by atoms with Gasteiger partial charge in [0.25, 0.3) is 0 Å². The molecule has 0 unspecified atom stereocenters. The van der Waals surface area contributed by atoms with Crippen LogP contribution >= 0.6 is 0 Å². The predicted molar refractivity (Wildman–Crippen MR) is 63.7 cm³/mol. The molecule has 0 saturated carbocycles. The number of hydrogen-bond acceptors (Lipinski definition) is 2. The molecular weight excluding hydrogens is 281 g/mol. The molecule has 0 bridgehead atoms. The third-order valence-corrected chi connectivity index (χ3v) is 5.12. The van der Waals surface area contributed by atoms with Gasteiger partial charge in [-0.15, -0.1) is 0 Å². The van der Waals surface area contributed by atoms with Crippen LogP contribution in [0, 0.1) is 0 Å². The van der Waals surface area contributed by atoms with Crippen LogP contribution in [0.1, 0.15) is 5.76 Å². The van der Waals surface area contributed by atoms with E-state index in [0.29, 0.717) is 0 Å². The van der Waals surface area contributed by atoms with Gasteiger partial charge in [-0.2, -0.15) is 0 Å². The second-order valence-corrected chi connectivity index (χ2v) is 18.7. The van der Waals surface area contributed by atoms with E-state index in [-0.39, 0.29) is 0 Å². The Balaban J connectivity index is 2.32. The van der Waals surface area contributed by atoms with E-state index in [1.54, 1.807) is 12.5 Å². The fourth-order valence-electron chi connectivity index (χ4n) is 0.975. The molecule has 76 valence electrons. The molecule has 1 rings (SSSR count). The third kappa shape index (κ3) is 5.27. The van der Waals surface area contributed by atoms with Crippen molar-refractivity contribution in [2.75, 3.05) is 6.54 Å². The molecule has 0 amide bonds. The Labute approximate surface area is 89.6 Å². The Bertz CT molecular complexity index is 307. The van der Waals surface area contributed by atoms with Gasteiger partial charge in [-0.1, -0.05) is 0 Å². The van der Waals surface area contributed by atoms with Gasteiger partial charge in [-0.3, -0.25) is 0 Å². The topological polar surface area (TPSA) is 25.5 Å². The van der Waals surface area contributed by atoms with Crippen LogP contribution in [0.25, 0.3) is 0 Å². The summed E-state index contributed by atoms with van der Waals surface area (Å²) in [5, 5.41) is 0. The van der Waals surface area contributed by atoms with Crippen LogP contribution in [0.4, 0.5) is 0 Å². The van der Waals surface area contributed by atoms with Crippen LogP contribution in [0.5, 0.6) is 0 Å². The number of nitrogens with zero attached hydrogens (tertiary/aromatic N) is 1. The van der Waals surface area contributed by atoms with Gasteiger partial charge in [0.05, 0.1) is 0 Å². The van der Waals surface area contributed by atoms with Gasteiger partial charge < -0.3 is 0 Å². The van der Waals surface area contributed by atoms with E-state index < -0.39 is 18.4 Å². The van der Waals surface area contributed by atoms with Gasteiger partial charge in [0.2, 0.25) is 0 Å². The van der Waals surface area contributed by atoms with Crippen molar-refractivity contribution in [1.82, 2.24) is 0 Å². The van der Waals surface area contributed by atoms with E-state index in [1.807, 2.05) is 12.1 Å². The minimum atomic E-state index is -1.71. The molecule has 1 aromatic heterocycles. The summed E-state index contributed by atoms with van der Waals surface area (Å²) in [6.45, 7) is 0.759. The fraction of sp³-hybridized carbons (Fsp3) is 0.364. The molecule has 0 spiro atoms. The summed E-state index contributed by atoms with van der Waals surface area (Å²) in [7, 11) is 0. The van der Waals surface area contributed by atoms with Crippen molar-refractivity contribution in [2.24, 2.45) is 4.99 Å². The van der Waals surface area contributed by atoms with Crippen molar-refractivity contribution < 1.29 is 4.42 Å². The summed E-state index contributed by atoms with van der Waals surface area (Å²) in [5.41, 5.74) is 0. The van der Waals surface area contributed by atoms with Crippen molar-refractivity contribution in [2.45, 2.75) is 14.8 Å². The zero-order chi connectivity index (χ0) is 10.4. The molecule has 1 aromatic rings. The van der Waals surface area contributed by atoms with E-state index >= 15 is 0 Å². The third-order valence-electron chi connectivity index (χ3n) is 1.59. The van der Waals surface area contributed by atoms with Gasteiger partial charge in [0.1, 0.15) is 0 Å². The van der Waals surface area contributed by atoms with Crippen LogP contribution < -0.4 is 0 Å². The van der Waals surface area contributed by atoms with Gasteiger partial charge in [-0.05, 0) is 0 Å². The molecule has 0 N–H and O–H groups in total. The maximum atomic E-state index is 5.12. The Kier molecular flexibility index (Phi) is 4.45. The SMILES string of the molecule is [CH3][Sn]([CH3])([CH3])/[CH]=C\CN=Cc1ccco1.